The predicted molar refractivity (Wildman–Crippen MR) is 90.2 cm³/mol. The van der Waals surface area contributed by atoms with Crippen LogP contribution < -0.4 is 10.2 Å². The van der Waals surface area contributed by atoms with E-state index in [1.165, 1.54) is 6.07 Å². The van der Waals surface area contributed by atoms with Crippen molar-refractivity contribution in [3.63, 3.8) is 0 Å². The van der Waals surface area contributed by atoms with Crippen LogP contribution in [0.5, 0.6) is 5.75 Å². The van der Waals surface area contributed by atoms with Gasteiger partial charge in [-0.3, -0.25) is 9.59 Å². The van der Waals surface area contributed by atoms with Crippen LogP contribution in [-0.4, -0.2) is 24.0 Å². The Kier molecular flexibility index (Phi) is 5.65. The molecular weight excluding hydrogens is 339 g/mol. The van der Waals surface area contributed by atoms with Crippen LogP contribution in [0.4, 0.5) is 0 Å². The fourth-order valence-electron chi connectivity index (χ4n) is 2.49. The Morgan fingerprint density at radius 3 is 2.74 bits per heavy atom. The molecule has 0 unspecified atom stereocenters. The molecule has 0 radical (unpaired) electrons. The Hall–Kier alpha value is -1.59. The van der Waals surface area contributed by atoms with Crippen LogP contribution in [0.1, 0.15) is 33.1 Å². The molecule has 0 heterocycles. The summed E-state index contributed by atoms with van der Waals surface area (Å²) in [5, 5.41) is 4.86. The number of nitrogens with zero attached hydrogens (tertiary/aromatic N) is 1. The zero-order valence-corrected chi connectivity index (χ0v) is 14.5. The highest BCUT2D eigenvalue weighted by atomic mass is 35.5. The lowest BCUT2D eigenvalue weighted by molar-refractivity contribution is -0.123. The van der Waals surface area contributed by atoms with Crippen molar-refractivity contribution in [2.75, 3.05) is 6.61 Å². The van der Waals surface area contributed by atoms with E-state index >= 15 is 0 Å². The number of ether oxygens (including phenoxy) is 1. The number of hydrazone groups is 1. The number of benzene rings is 1. The number of nitrogens with one attached hydrogen (secondary N) is 1. The molecule has 0 spiro atoms. The zero-order chi connectivity index (χ0) is 17.0. The van der Waals surface area contributed by atoms with E-state index in [4.69, 9.17) is 27.9 Å². The van der Waals surface area contributed by atoms with Gasteiger partial charge in [0.1, 0.15) is 11.5 Å². The van der Waals surface area contributed by atoms with Gasteiger partial charge in [-0.2, -0.15) is 5.10 Å². The van der Waals surface area contributed by atoms with Crippen molar-refractivity contribution in [1.29, 1.82) is 0 Å². The Morgan fingerprint density at radius 2 is 2.09 bits per heavy atom. The second kappa shape index (κ2) is 7.32. The van der Waals surface area contributed by atoms with Gasteiger partial charge in [-0.25, -0.2) is 5.43 Å². The fourth-order valence-corrected chi connectivity index (χ4v) is 2.95. The van der Waals surface area contributed by atoms with Gasteiger partial charge in [0.05, 0.1) is 5.02 Å². The number of rotatable bonds is 4. The molecule has 7 heteroatoms. The average molecular weight is 357 g/mol. The number of carbonyl (C=O) groups excluding carboxylic acids is 2. The van der Waals surface area contributed by atoms with E-state index in [1.54, 1.807) is 12.1 Å². The molecule has 1 amide bonds. The van der Waals surface area contributed by atoms with Crippen LogP contribution in [0.15, 0.2) is 23.3 Å². The monoisotopic (exact) mass is 356 g/mol. The number of amides is 1. The molecule has 1 aromatic carbocycles. The lowest BCUT2D eigenvalue weighted by atomic mass is 9.76. The first-order valence-electron chi connectivity index (χ1n) is 7.19. The Morgan fingerprint density at radius 1 is 1.35 bits per heavy atom. The highest BCUT2D eigenvalue weighted by molar-refractivity contribution is 6.35. The maximum Gasteiger partial charge on any atom is 0.277 e. The number of carbonyl (C=O) groups is 2. The maximum atomic E-state index is 11.8. The standard InChI is InChI=1S/C16H18Cl2N2O3/c1-16(2)7-11(6-12(21)8-16)19-20-15(22)9-23-14-4-3-10(17)5-13(14)18/h3-5H,6-9H2,1-2H3,(H,20,22)/b19-11-. The van der Waals surface area contributed by atoms with Gasteiger partial charge in [-0.05, 0) is 30.0 Å². The summed E-state index contributed by atoms with van der Waals surface area (Å²) in [7, 11) is 0. The number of hydrogen-bond acceptors (Lipinski definition) is 4. The van der Waals surface area contributed by atoms with Gasteiger partial charge < -0.3 is 4.74 Å². The van der Waals surface area contributed by atoms with Crippen molar-refractivity contribution in [2.24, 2.45) is 10.5 Å². The minimum absolute atomic E-state index is 0.119. The number of ketones is 1. The summed E-state index contributed by atoms with van der Waals surface area (Å²) in [5.41, 5.74) is 2.98. The molecule has 1 saturated carbocycles. The van der Waals surface area contributed by atoms with E-state index in [-0.39, 0.29) is 24.2 Å². The minimum atomic E-state index is -0.417. The molecule has 5 nitrogen and oxygen atoms in total. The van der Waals surface area contributed by atoms with Crippen molar-refractivity contribution >= 4 is 40.6 Å². The molecule has 0 aliphatic heterocycles. The van der Waals surface area contributed by atoms with Crippen molar-refractivity contribution < 1.29 is 14.3 Å². The summed E-state index contributed by atoms with van der Waals surface area (Å²) in [5.74, 6) is 0.0886. The van der Waals surface area contributed by atoms with Crippen LogP contribution in [0.2, 0.25) is 10.0 Å². The highest BCUT2D eigenvalue weighted by Gasteiger charge is 2.30. The summed E-state index contributed by atoms with van der Waals surface area (Å²) >= 11 is 11.7. The van der Waals surface area contributed by atoms with E-state index in [0.29, 0.717) is 34.3 Å². The van der Waals surface area contributed by atoms with Gasteiger partial charge in [-0.15, -0.1) is 0 Å². The molecule has 0 atom stereocenters. The van der Waals surface area contributed by atoms with Gasteiger partial charge in [-0.1, -0.05) is 37.0 Å². The third kappa shape index (κ3) is 5.52. The molecule has 0 saturated heterocycles. The van der Waals surface area contributed by atoms with Crippen LogP contribution in [0, 0.1) is 5.41 Å². The second-order valence-electron chi connectivity index (χ2n) is 6.31. The number of hydrogen-bond donors (Lipinski definition) is 1. The van der Waals surface area contributed by atoms with Gasteiger partial charge in [0, 0.05) is 23.6 Å². The van der Waals surface area contributed by atoms with Crippen LogP contribution >= 0.6 is 23.2 Å². The second-order valence-corrected chi connectivity index (χ2v) is 7.15. The molecule has 124 valence electrons. The van der Waals surface area contributed by atoms with Crippen molar-refractivity contribution in [3.8, 4) is 5.75 Å². The van der Waals surface area contributed by atoms with Crippen LogP contribution in [0.3, 0.4) is 0 Å². The largest absolute Gasteiger partial charge is 0.482 e. The summed E-state index contributed by atoms with van der Waals surface area (Å²) in [4.78, 5) is 23.4. The fraction of sp³-hybridized carbons (Fsp3) is 0.438. The Balaban J connectivity index is 1.87. The van der Waals surface area contributed by atoms with Gasteiger partial charge in [0.2, 0.25) is 0 Å². The molecule has 0 bridgehead atoms. The number of halogens is 2. The maximum absolute atomic E-state index is 11.8. The Labute approximate surface area is 145 Å². The van der Waals surface area contributed by atoms with Gasteiger partial charge in [0.15, 0.2) is 6.61 Å². The van der Waals surface area contributed by atoms with Crippen molar-refractivity contribution in [1.82, 2.24) is 5.43 Å². The van der Waals surface area contributed by atoms with Crippen LogP contribution in [-0.2, 0) is 9.59 Å². The first kappa shape index (κ1) is 17.8. The zero-order valence-electron chi connectivity index (χ0n) is 13.0. The van der Waals surface area contributed by atoms with E-state index in [9.17, 15) is 9.59 Å². The third-order valence-corrected chi connectivity index (χ3v) is 3.88. The lowest BCUT2D eigenvalue weighted by Gasteiger charge is -2.28. The molecule has 23 heavy (non-hydrogen) atoms. The van der Waals surface area contributed by atoms with Crippen molar-refractivity contribution in [3.05, 3.63) is 28.2 Å². The predicted octanol–water partition coefficient (Wildman–Crippen LogP) is 3.62. The molecule has 1 aliphatic carbocycles. The van der Waals surface area contributed by atoms with E-state index in [0.717, 1.165) is 0 Å². The number of Topliss-reactive ketones (excluding diaryl/α,β-unsaturated/α-hetero) is 1. The molecule has 0 aromatic heterocycles. The summed E-state index contributed by atoms with van der Waals surface area (Å²) in [6.45, 7) is 3.79. The summed E-state index contributed by atoms with van der Waals surface area (Å²) in [6.07, 6.45) is 1.51. The first-order valence-corrected chi connectivity index (χ1v) is 7.95. The summed E-state index contributed by atoms with van der Waals surface area (Å²) in [6, 6.07) is 4.75. The van der Waals surface area contributed by atoms with E-state index in [2.05, 4.69) is 10.5 Å². The molecule has 1 aromatic rings. The average Bonchev–Trinajstić information content (AvgIpc) is 2.42. The minimum Gasteiger partial charge on any atom is -0.482 e. The Bertz CT molecular complexity index is 657. The van der Waals surface area contributed by atoms with Gasteiger partial charge >= 0.3 is 0 Å². The van der Waals surface area contributed by atoms with Crippen LogP contribution in [0.25, 0.3) is 0 Å². The molecule has 1 fully saturated rings. The molecule has 1 aliphatic rings. The topological polar surface area (TPSA) is 67.8 Å². The molecule has 1 N–H and O–H groups in total. The van der Waals surface area contributed by atoms with E-state index < -0.39 is 5.91 Å². The normalized spacial score (nSPS) is 18.8. The van der Waals surface area contributed by atoms with E-state index in [1.807, 2.05) is 13.8 Å². The SMILES string of the molecule is CC1(C)CC(=O)C/C(=N/NC(=O)COc2ccc(Cl)cc2Cl)C1. The quantitative estimate of drug-likeness (QED) is 0.837. The highest BCUT2D eigenvalue weighted by Crippen LogP contribution is 2.31. The van der Waals surface area contributed by atoms with Gasteiger partial charge in [0.25, 0.3) is 5.91 Å². The molecule has 2 rings (SSSR count). The third-order valence-electron chi connectivity index (χ3n) is 3.35. The lowest BCUT2D eigenvalue weighted by Crippen LogP contribution is -2.32. The van der Waals surface area contributed by atoms with Crippen molar-refractivity contribution in [2.45, 2.75) is 33.1 Å². The first-order chi connectivity index (χ1) is 10.7. The molecular formula is C16H18Cl2N2O3. The smallest absolute Gasteiger partial charge is 0.277 e. The summed E-state index contributed by atoms with van der Waals surface area (Å²) < 4.78 is 5.32.